The Labute approximate surface area is 164 Å². The van der Waals surface area contributed by atoms with Crippen molar-refractivity contribution in [3.8, 4) is 0 Å². The molecule has 3 rings (SSSR count). The quantitative estimate of drug-likeness (QED) is 0.609. The molecule has 8 heteroatoms. The number of fused-ring (bicyclic) bond motifs is 1. The Balaban J connectivity index is 1.60. The van der Waals surface area contributed by atoms with Crippen LogP contribution in [0.3, 0.4) is 0 Å². The third-order valence-corrected chi connectivity index (χ3v) is 4.81. The molecule has 152 valence electrons. The number of amides is 1. The zero-order valence-corrected chi connectivity index (χ0v) is 16.5. The second-order valence-corrected chi connectivity index (χ2v) is 6.66. The van der Waals surface area contributed by atoms with E-state index in [4.69, 9.17) is 9.73 Å². The summed E-state index contributed by atoms with van der Waals surface area (Å²) in [5.41, 5.74) is 1.99. The fraction of sp³-hybridized carbons (Fsp3) is 0.500. The fourth-order valence-electron chi connectivity index (χ4n) is 3.38. The molecule has 2 heterocycles. The van der Waals surface area contributed by atoms with Crippen LogP contribution in [0.25, 0.3) is 10.9 Å². The van der Waals surface area contributed by atoms with Crippen molar-refractivity contribution in [2.24, 2.45) is 4.99 Å². The van der Waals surface area contributed by atoms with Crippen LogP contribution in [-0.4, -0.2) is 72.7 Å². The lowest BCUT2D eigenvalue weighted by molar-refractivity contribution is 0.0914. The number of H-pyrrole nitrogens is 1. The van der Waals surface area contributed by atoms with E-state index in [0.717, 1.165) is 35.4 Å². The van der Waals surface area contributed by atoms with Crippen molar-refractivity contribution in [2.75, 3.05) is 45.9 Å². The van der Waals surface area contributed by atoms with Gasteiger partial charge in [-0.05, 0) is 44.0 Å². The predicted octanol–water partition coefficient (Wildman–Crippen LogP) is 2.59. The van der Waals surface area contributed by atoms with E-state index < -0.39 is 0 Å². The predicted molar refractivity (Wildman–Crippen MR) is 108 cm³/mol. The molecule has 1 saturated heterocycles. The van der Waals surface area contributed by atoms with Gasteiger partial charge in [0.25, 0.3) is 0 Å². The minimum absolute atomic E-state index is 0.232. The van der Waals surface area contributed by atoms with Crippen molar-refractivity contribution in [3.63, 3.8) is 0 Å². The van der Waals surface area contributed by atoms with Crippen LogP contribution >= 0.6 is 0 Å². The van der Waals surface area contributed by atoms with Gasteiger partial charge in [-0.2, -0.15) is 0 Å². The summed E-state index contributed by atoms with van der Waals surface area (Å²) in [5, 5.41) is 4.23. The van der Waals surface area contributed by atoms with E-state index in [1.807, 2.05) is 20.0 Å². The van der Waals surface area contributed by atoms with Crippen LogP contribution in [0.5, 0.6) is 0 Å². The molecule has 2 N–H and O–H groups in total. The number of benzene rings is 1. The van der Waals surface area contributed by atoms with E-state index in [9.17, 15) is 9.18 Å². The summed E-state index contributed by atoms with van der Waals surface area (Å²) in [6.07, 6.45) is 2.39. The summed E-state index contributed by atoms with van der Waals surface area (Å²) in [6, 6.07) is 4.77. The molecule has 1 aromatic carbocycles. The highest BCUT2D eigenvalue weighted by Crippen LogP contribution is 2.19. The highest BCUT2D eigenvalue weighted by atomic mass is 19.1. The van der Waals surface area contributed by atoms with E-state index >= 15 is 0 Å². The SMILES string of the molecule is CCNC(=NCCc1c[nH]c2ccc(F)cc12)N1CCN(C(=O)OCC)CC1. The summed E-state index contributed by atoms with van der Waals surface area (Å²) < 4.78 is 18.6. The molecule has 1 amide bonds. The van der Waals surface area contributed by atoms with E-state index in [-0.39, 0.29) is 11.9 Å². The number of nitrogens with one attached hydrogen (secondary N) is 2. The molecule has 28 heavy (non-hydrogen) atoms. The van der Waals surface area contributed by atoms with E-state index in [0.29, 0.717) is 39.3 Å². The maximum Gasteiger partial charge on any atom is 0.409 e. The molecular weight excluding hydrogens is 361 g/mol. The van der Waals surface area contributed by atoms with Crippen LogP contribution in [0.1, 0.15) is 19.4 Å². The topological polar surface area (TPSA) is 73.0 Å². The molecule has 0 atom stereocenters. The molecule has 0 unspecified atom stereocenters. The molecule has 0 spiro atoms. The lowest BCUT2D eigenvalue weighted by Crippen LogP contribution is -2.54. The zero-order valence-electron chi connectivity index (χ0n) is 16.5. The number of nitrogens with zero attached hydrogens (tertiary/aromatic N) is 3. The van der Waals surface area contributed by atoms with Crippen LogP contribution in [0.2, 0.25) is 0 Å². The molecular formula is C20H28FN5O2. The van der Waals surface area contributed by atoms with E-state index in [1.165, 1.54) is 6.07 Å². The average molecular weight is 389 g/mol. The van der Waals surface area contributed by atoms with Crippen LogP contribution < -0.4 is 5.32 Å². The summed E-state index contributed by atoms with van der Waals surface area (Å²) in [6.45, 7) is 8.26. The van der Waals surface area contributed by atoms with E-state index in [1.54, 1.807) is 17.0 Å². The third kappa shape index (κ3) is 4.74. The van der Waals surface area contributed by atoms with Crippen molar-refractivity contribution < 1.29 is 13.9 Å². The highest BCUT2D eigenvalue weighted by molar-refractivity contribution is 5.83. The lowest BCUT2D eigenvalue weighted by Gasteiger charge is -2.35. The molecule has 0 bridgehead atoms. The van der Waals surface area contributed by atoms with Gasteiger partial charge in [-0.3, -0.25) is 4.99 Å². The molecule has 0 saturated carbocycles. The Morgan fingerprint density at radius 1 is 1.25 bits per heavy atom. The number of guanidine groups is 1. The molecule has 0 radical (unpaired) electrons. The summed E-state index contributed by atoms with van der Waals surface area (Å²) in [4.78, 5) is 23.6. The van der Waals surface area contributed by atoms with Gasteiger partial charge in [0.2, 0.25) is 0 Å². The highest BCUT2D eigenvalue weighted by Gasteiger charge is 2.23. The second kappa shape index (κ2) is 9.43. The van der Waals surface area contributed by atoms with Gasteiger partial charge in [0.15, 0.2) is 5.96 Å². The molecule has 1 aromatic heterocycles. The Bertz CT molecular complexity index is 827. The van der Waals surface area contributed by atoms with Gasteiger partial charge in [0.1, 0.15) is 5.82 Å². The number of carbonyl (C=O) groups excluding carboxylic acids is 1. The van der Waals surface area contributed by atoms with Crippen LogP contribution in [-0.2, 0) is 11.2 Å². The summed E-state index contributed by atoms with van der Waals surface area (Å²) >= 11 is 0. The van der Waals surface area contributed by atoms with Crippen LogP contribution in [0, 0.1) is 5.82 Å². The lowest BCUT2D eigenvalue weighted by atomic mass is 10.1. The zero-order chi connectivity index (χ0) is 19.9. The number of halogens is 1. The third-order valence-electron chi connectivity index (χ3n) is 4.81. The number of hydrogen-bond acceptors (Lipinski definition) is 3. The molecule has 1 aliphatic heterocycles. The maximum absolute atomic E-state index is 13.5. The van der Waals surface area contributed by atoms with Crippen molar-refractivity contribution in [1.82, 2.24) is 20.1 Å². The smallest absolute Gasteiger partial charge is 0.409 e. The largest absolute Gasteiger partial charge is 0.450 e. The first-order valence-electron chi connectivity index (χ1n) is 9.82. The summed E-state index contributed by atoms with van der Waals surface area (Å²) in [5.74, 6) is 0.613. The fourth-order valence-corrected chi connectivity index (χ4v) is 3.38. The Hall–Kier alpha value is -2.77. The number of aromatic nitrogens is 1. The minimum Gasteiger partial charge on any atom is -0.450 e. The summed E-state index contributed by atoms with van der Waals surface area (Å²) in [7, 11) is 0. The number of carbonyl (C=O) groups is 1. The number of rotatable bonds is 5. The average Bonchev–Trinajstić information content (AvgIpc) is 3.10. The van der Waals surface area contributed by atoms with Gasteiger partial charge in [-0.15, -0.1) is 0 Å². The van der Waals surface area contributed by atoms with Gasteiger partial charge in [-0.1, -0.05) is 0 Å². The second-order valence-electron chi connectivity index (χ2n) is 6.66. The van der Waals surface area contributed by atoms with Crippen molar-refractivity contribution >= 4 is 23.0 Å². The van der Waals surface area contributed by atoms with Crippen molar-refractivity contribution in [3.05, 3.63) is 35.8 Å². The molecule has 2 aromatic rings. The van der Waals surface area contributed by atoms with Gasteiger partial charge in [-0.25, -0.2) is 9.18 Å². The number of aliphatic imine (C=N–C) groups is 1. The van der Waals surface area contributed by atoms with Crippen LogP contribution in [0.4, 0.5) is 9.18 Å². The normalized spacial score (nSPS) is 15.2. The number of hydrogen-bond donors (Lipinski definition) is 2. The van der Waals surface area contributed by atoms with Gasteiger partial charge < -0.3 is 24.8 Å². The number of piperazine rings is 1. The van der Waals surface area contributed by atoms with Crippen molar-refractivity contribution in [1.29, 1.82) is 0 Å². The molecule has 1 aliphatic rings. The Kier molecular flexibility index (Phi) is 6.73. The first-order chi connectivity index (χ1) is 13.6. The first kappa shape index (κ1) is 20.0. The van der Waals surface area contributed by atoms with Crippen molar-refractivity contribution in [2.45, 2.75) is 20.3 Å². The first-order valence-corrected chi connectivity index (χ1v) is 9.82. The number of ether oxygens (including phenoxy) is 1. The minimum atomic E-state index is -0.254. The van der Waals surface area contributed by atoms with Gasteiger partial charge in [0, 0.05) is 56.4 Å². The Morgan fingerprint density at radius 3 is 2.71 bits per heavy atom. The Morgan fingerprint density at radius 2 is 2.00 bits per heavy atom. The maximum atomic E-state index is 13.5. The van der Waals surface area contributed by atoms with Crippen LogP contribution in [0.15, 0.2) is 29.4 Å². The monoisotopic (exact) mass is 389 g/mol. The standard InChI is InChI=1S/C20H28FN5O2/c1-3-22-19(25-9-11-26(12-10-25)20(27)28-4-2)23-8-7-15-14-24-18-6-5-16(21)13-17(15)18/h5-6,13-14,24H,3-4,7-12H2,1-2H3,(H,22,23). The molecule has 0 aliphatic carbocycles. The van der Waals surface area contributed by atoms with E-state index in [2.05, 4.69) is 15.2 Å². The molecule has 7 nitrogen and oxygen atoms in total. The van der Waals surface area contributed by atoms with Gasteiger partial charge >= 0.3 is 6.09 Å². The molecule has 1 fully saturated rings. The van der Waals surface area contributed by atoms with Gasteiger partial charge in [0.05, 0.1) is 6.61 Å². The number of aromatic amines is 1.